The molecule has 0 N–H and O–H groups in total. The number of hydrogen-bond acceptors (Lipinski definition) is 0. The predicted molar refractivity (Wildman–Crippen MR) is 88.5 cm³/mol. The van der Waals surface area contributed by atoms with Crippen LogP contribution in [-0.2, 0) is 5.41 Å². The maximum absolute atomic E-state index is 2.45. The van der Waals surface area contributed by atoms with Crippen molar-refractivity contribution >= 4 is 22.6 Å². The van der Waals surface area contributed by atoms with E-state index in [-0.39, 0.29) is 0 Å². The molecule has 0 atom stereocenters. The minimum Gasteiger partial charge on any atom is -0.0619 e. The summed E-state index contributed by atoms with van der Waals surface area (Å²) in [4.78, 5) is 0. The zero-order chi connectivity index (χ0) is 12.9. The van der Waals surface area contributed by atoms with E-state index < -0.39 is 0 Å². The van der Waals surface area contributed by atoms with Gasteiger partial charge in [0.2, 0.25) is 0 Å². The third kappa shape index (κ3) is 1.63. The topological polar surface area (TPSA) is 0 Å². The summed E-state index contributed by atoms with van der Waals surface area (Å²) in [5.41, 5.74) is 6.48. The van der Waals surface area contributed by atoms with Crippen molar-refractivity contribution in [2.24, 2.45) is 0 Å². The van der Waals surface area contributed by atoms with Gasteiger partial charge in [-0.1, -0.05) is 49.6 Å². The molecule has 0 aromatic heterocycles. The average molecular weight is 360 g/mol. The fourth-order valence-electron chi connectivity index (χ4n) is 4.12. The van der Waals surface area contributed by atoms with E-state index >= 15 is 0 Å². The van der Waals surface area contributed by atoms with Crippen LogP contribution < -0.4 is 0 Å². The van der Waals surface area contributed by atoms with Crippen LogP contribution in [0.4, 0.5) is 0 Å². The molecule has 2 aliphatic carbocycles. The van der Waals surface area contributed by atoms with Gasteiger partial charge in [-0.3, -0.25) is 0 Å². The lowest BCUT2D eigenvalue weighted by Gasteiger charge is -2.36. The summed E-state index contributed by atoms with van der Waals surface area (Å²) in [6.45, 7) is 0. The van der Waals surface area contributed by atoms with Gasteiger partial charge in [0, 0.05) is 8.99 Å². The van der Waals surface area contributed by atoms with Crippen molar-refractivity contribution in [1.82, 2.24) is 0 Å². The zero-order valence-electron chi connectivity index (χ0n) is 11.0. The Bertz CT molecular complexity index is 636. The van der Waals surface area contributed by atoms with Crippen molar-refractivity contribution in [3.63, 3.8) is 0 Å². The van der Waals surface area contributed by atoms with Gasteiger partial charge < -0.3 is 0 Å². The summed E-state index contributed by atoms with van der Waals surface area (Å²) in [6.07, 6.45) is 6.82. The quantitative estimate of drug-likeness (QED) is 0.543. The van der Waals surface area contributed by atoms with Gasteiger partial charge in [-0.15, -0.1) is 0 Å². The van der Waals surface area contributed by atoms with Crippen molar-refractivity contribution in [3.05, 3.63) is 57.2 Å². The highest BCUT2D eigenvalue weighted by Gasteiger charge is 2.43. The van der Waals surface area contributed by atoms with Crippen molar-refractivity contribution < 1.29 is 0 Å². The molecule has 2 aromatic rings. The van der Waals surface area contributed by atoms with Crippen LogP contribution >= 0.6 is 22.6 Å². The van der Waals surface area contributed by atoms with E-state index in [2.05, 4.69) is 65.1 Å². The standard InChI is InChI=1S/C18H17I/c19-13-8-9-15-14-6-2-3-7-16(14)18(17(15)12-13)10-4-1-5-11-18/h2-3,6-9,12H,1,4-5,10-11H2. The lowest BCUT2D eigenvalue weighted by Crippen LogP contribution is -2.28. The van der Waals surface area contributed by atoms with Crippen LogP contribution in [-0.4, -0.2) is 0 Å². The van der Waals surface area contributed by atoms with Crippen LogP contribution in [0.1, 0.15) is 43.2 Å². The first kappa shape index (κ1) is 12.0. The molecule has 0 nitrogen and oxygen atoms in total. The second kappa shape index (κ2) is 4.34. The first-order valence-electron chi connectivity index (χ1n) is 7.21. The number of benzene rings is 2. The molecule has 0 amide bonds. The first-order chi connectivity index (χ1) is 9.31. The lowest BCUT2D eigenvalue weighted by atomic mass is 9.68. The fourth-order valence-corrected chi connectivity index (χ4v) is 4.61. The molecule has 1 spiro atoms. The number of rotatable bonds is 0. The fraction of sp³-hybridized carbons (Fsp3) is 0.333. The molecular weight excluding hydrogens is 343 g/mol. The largest absolute Gasteiger partial charge is 0.0619 e. The van der Waals surface area contributed by atoms with Gasteiger partial charge in [0.25, 0.3) is 0 Å². The SMILES string of the molecule is Ic1ccc2c(c1)C1(CCCCC1)c1ccccc1-2. The molecule has 2 aliphatic rings. The van der Waals surface area contributed by atoms with Gasteiger partial charge in [0.05, 0.1) is 0 Å². The predicted octanol–water partition coefficient (Wildman–Crippen LogP) is 5.52. The second-order valence-corrected chi connectivity index (χ2v) is 7.12. The average Bonchev–Trinajstić information content (AvgIpc) is 2.71. The van der Waals surface area contributed by atoms with Crippen molar-refractivity contribution in [2.45, 2.75) is 37.5 Å². The Morgan fingerprint density at radius 1 is 0.789 bits per heavy atom. The molecule has 0 aliphatic heterocycles. The van der Waals surface area contributed by atoms with Gasteiger partial charge in [0.1, 0.15) is 0 Å². The highest BCUT2D eigenvalue weighted by atomic mass is 127. The molecule has 4 rings (SSSR count). The smallest absolute Gasteiger partial charge is 0.0215 e. The molecule has 96 valence electrons. The van der Waals surface area contributed by atoms with Crippen LogP contribution in [0.25, 0.3) is 11.1 Å². The van der Waals surface area contributed by atoms with E-state index in [1.807, 2.05) is 0 Å². The molecule has 0 unspecified atom stereocenters. The van der Waals surface area contributed by atoms with Crippen LogP contribution in [0, 0.1) is 3.57 Å². The second-order valence-electron chi connectivity index (χ2n) is 5.88. The molecule has 1 heteroatoms. The molecule has 0 radical (unpaired) electrons. The van der Waals surface area contributed by atoms with Crippen LogP contribution in [0.15, 0.2) is 42.5 Å². The van der Waals surface area contributed by atoms with Crippen molar-refractivity contribution in [1.29, 1.82) is 0 Å². The number of halogens is 1. The van der Waals surface area contributed by atoms with E-state index in [0.29, 0.717) is 5.41 Å². The van der Waals surface area contributed by atoms with Gasteiger partial charge in [0.15, 0.2) is 0 Å². The maximum atomic E-state index is 2.45. The number of hydrogen-bond donors (Lipinski definition) is 0. The van der Waals surface area contributed by atoms with E-state index in [1.54, 1.807) is 11.1 Å². The maximum Gasteiger partial charge on any atom is 0.0215 e. The Hall–Kier alpha value is -0.830. The highest BCUT2D eigenvalue weighted by Crippen LogP contribution is 2.55. The minimum atomic E-state index is 0.325. The normalized spacial score (nSPS) is 19.2. The third-order valence-electron chi connectivity index (χ3n) is 4.94. The van der Waals surface area contributed by atoms with Gasteiger partial charge in [-0.25, -0.2) is 0 Å². The summed E-state index contributed by atoms with van der Waals surface area (Å²) in [7, 11) is 0. The van der Waals surface area contributed by atoms with Crippen molar-refractivity contribution in [3.8, 4) is 11.1 Å². The molecular formula is C18H17I. The van der Waals surface area contributed by atoms with Gasteiger partial charge >= 0.3 is 0 Å². The van der Waals surface area contributed by atoms with E-state index in [4.69, 9.17) is 0 Å². The summed E-state index contributed by atoms with van der Waals surface area (Å²) < 4.78 is 1.37. The molecule has 0 heterocycles. The zero-order valence-corrected chi connectivity index (χ0v) is 13.1. The Morgan fingerprint density at radius 3 is 2.37 bits per heavy atom. The van der Waals surface area contributed by atoms with Gasteiger partial charge in [-0.2, -0.15) is 0 Å². The van der Waals surface area contributed by atoms with Gasteiger partial charge in [-0.05, 0) is 69.8 Å². The Morgan fingerprint density at radius 2 is 1.53 bits per heavy atom. The Labute approximate surface area is 128 Å². The monoisotopic (exact) mass is 360 g/mol. The summed E-state index contributed by atoms with van der Waals surface area (Å²) >= 11 is 2.45. The van der Waals surface area contributed by atoms with E-state index in [1.165, 1.54) is 46.8 Å². The van der Waals surface area contributed by atoms with Crippen LogP contribution in [0.2, 0.25) is 0 Å². The van der Waals surface area contributed by atoms with E-state index in [9.17, 15) is 0 Å². The van der Waals surface area contributed by atoms with Crippen LogP contribution in [0.3, 0.4) is 0 Å². The third-order valence-corrected chi connectivity index (χ3v) is 5.61. The summed E-state index contributed by atoms with van der Waals surface area (Å²) in [6, 6.07) is 16.1. The number of fused-ring (bicyclic) bond motifs is 5. The Kier molecular flexibility index (Phi) is 2.73. The molecule has 1 saturated carbocycles. The van der Waals surface area contributed by atoms with Crippen LogP contribution in [0.5, 0.6) is 0 Å². The van der Waals surface area contributed by atoms with E-state index in [0.717, 1.165) is 0 Å². The molecule has 2 aromatic carbocycles. The molecule has 1 fully saturated rings. The molecule has 19 heavy (non-hydrogen) atoms. The highest BCUT2D eigenvalue weighted by molar-refractivity contribution is 14.1. The first-order valence-corrected chi connectivity index (χ1v) is 8.29. The van der Waals surface area contributed by atoms with Crippen molar-refractivity contribution in [2.75, 3.05) is 0 Å². The lowest BCUT2D eigenvalue weighted by molar-refractivity contribution is 0.352. The summed E-state index contributed by atoms with van der Waals surface area (Å²) in [5.74, 6) is 0. The summed E-state index contributed by atoms with van der Waals surface area (Å²) in [5, 5.41) is 0. The molecule has 0 saturated heterocycles. The Balaban J connectivity index is 2.03. The molecule has 0 bridgehead atoms. The minimum absolute atomic E-state index is 0.325.